The van der Waals surface area contributed by atoms with Gasteiger partial charge in [0.1, 0.15) is 17.4 Å². The van der Waals surface area contributed by atoms with E-state index in [4.69, 9.17) is 9.47 Å². The molecule has 130 valence electrons. The average Bonchev–Trinajstić information content (AvgIpc) is 3.03. The average molecular weight is 367 g/mol. The quantitative estimate of drug-likeness (QED) is 0.881. The Balaban J connectivity index is 1.87. The van der Waals surface area contributed by atoms with Crippen LogP contribution < -0.4 is 14.2 Å². The lowest BCUT2D eigenvalue weighted by Gasteiger charge is -2.28. The van der Waals surface area contributed by atoms with E-state index in [0.29, 0.717) is 28.9 Å². The molecule has 1 N–H and O–H groups in total. The van der Waals surface area contributed by atoms with Crippen LogP contribution in [-0.2, 0) is 22.0 Å². The van der Waals surface area contributed by atoms with Gasteiger partial charge in [0, 0.05) is 4.88 Å². The minimum absolute atomic E-state index is 0.338. The standard InChI is InChI=1S/C17H21NO4S2/c1-4-13-6-8-16(23-13)24(19,20)18-17(2,3)12-5-7-14-15(11-12)22-10-9-21-14/h5-8,11,18H,4,9-10H2,1-3H3. The van der Waals surface area contributed by atoms with E-state index in [0.717, 1.165) is 16.9 Å². The van der Waals surface area contributed by atoms with Crippen molar-refractivity contribution in [3.63, 3.8) is 0 Å². The molecule has 0 amide bonds. The topological polar surface area (TPSA) is 64.6 Å². The highest BCUT2D eigenvalue weighted by Crippen LogP contribution is 2.35. The van der Waals surface area contributed by atoms with Crippen molar-refractivity contribution in [2.24, 2.45) is 0 Å². The predicted octanol–water partition coefficient (Wildman–Crippen LogP) is 3.30. The maximum atomic E-state index is 12.7. The highest BCUT2D eigenvalue weighted by atomic mass is 32.2. The summed E-state index contributed by atoms with van der Waals surface area (Å²) in [6, 6.07) is 9.03. The number of rotatable bonds is 5. The predicted molar refractivity (Wildman–Crippen MR) is 94.5 cm³/mol. The van der Waals surface area contributed by atoms with Crippen LogP contribution in [0.15, 0.2) is 34.5 Å². The van der Waals surface area contributed by atoms with Gasteiger partial charge in [-0.1, -0.05) is 13.0 Å². The van der Waals surface area contributed by atoms with Crippen LogP contribution in [0.2, 0.25) is 0 Å². The Morgan fingerprint density at radius 1 is 1.12 bits per heavy atom. The maximum absolute atomic E-state index is 12.7. The van der Waals surface area contributed by atoms with Crippen LogP contribution in [0.4, 0.5) is 0 Å². The van der Waals surface area contributed by atoms with E-state index in [9.17, 15) is 8.42 Å². The molecule has 0 bridgehead atoms. The van der Waals surface area contributed by atoms with Crippen LogP contribution in [0.1, 0.15) is 31.2 Å². The minimum Gasteiger partial charge on any atom is -0.486 e. The van der Waals surface area contributed by atoms with Crippen molar-refractivity contribution in [3.8, 4) is 11.5 Å². The lowest BCUT2D eigenvalue weighted by molar-refractivity contribution is 0.171. The number of aryl methyl sites for hydroxylation is 1. The lowest BCUT2D eigenvalue weighted by Crippen LogP contribution is -2.40. The maximum Gasteiger partial charge on any atom is 0.250 e. The van der Waals surface area contributed by atoms with Gasteiger partial charge in [0.15, 0.2) is 11.5 Å². The summed E-state index contributed by atoms with van der Waals surface area (Å²) in [5.41, 5.74) is 0.0491. The third-order valence-corrected chi connectivity index (χ3v) is 7.28. The Morgan fingerprint density at radius 2 is 1.83 bits per heavy atom. The van der Waals surface area contributed by atoms with Gasteiger partial charge in [-0.15, -0.1) is 11.3 Å². The van der Waals surface area contributed by atoms with Crippen molar-refractivity contribution >= 4 is 21.4 Å². The van der Waals surface area contributed by atoms with Crippen LogP contribution >= 0.6 is 11.3 Å². The second kappa shape index (κ2) is 6.38. The van der Waals surface area contributed by atoms with Crippen molar-refractivity contribution in [2.45, 2.75) is 36.9 Å². The highest BCUT2D eigenvalue weighted by molar-refractivity contribution is 7.91. The minimum atomic E-state index is -3.58. The molecule has 0 atom stereocenters. The monoisotopic (exact) mass is 367 g/mol. The molecule has 0 aliphatic carbocycles. The second-order valence-electron chi connectivity index (χ2n) is 6.16. The van der Waals surface area contributed by atoms with E-state index in [1.54, 1.807) is 6.07 Å². The van der Waals surface area contributed by atoms with E-state index < -0.39 is 15.6 Å². The van der Waals surface area contributed by atoms with E-state index in [1.165, 1.54) is 11.3 Å². The van der Waals surface area contributed by atoms with Crippen LogP contribution in [-0.4, -0.2) is 21.6 Å². The normalized spacial score (nSPS) is 14.6. The molecular formula is C17H21NO4S2. The third-order valence-electron chi connectivity index (χ3n) is 3.90. The SMILES string of the molecule is CCc1ccc(S(=O)(=O)NC(C)(C)c2ccc3c(c2)OCCO3)s1. The van der Waals surface area contributed by atoms with Gasteiger partial charge >= 0.3 is 0 Å². The van der Waals surface area contributed by atoms with Crippen LogP contribution in [0.25, 0.3) is 0 Å². The number of hydrogen-bond donors (Lipinski definition) is 1. The van der Waals surface area contributed by atoms with Gasteiger partial charge in [0.25, 0.3) is 10.0 Å². The van der Waals surface area contributed by atoms with E-state index >= 15 is 0 Å². The Bertz CT molecular complexity index is 840. The van der Waals surface area contributed by atoms with Gasteiger partial charge in [-0.2, -0.15) is 0 Å². The van der Waals surface area contributed by atoms with Gasteiger partial charge in [0.2, 0.25) is 0 Å². The number of sulfonamides is 1. The lowest BCUT2D eigenvalue weighted by atomic mass is 9.95. The first-order valence-electron chi connectivity index (χ1n) is 7.84. The molecule has 0 saturated carbocycles. The second-order valence-corrected chi connectivity index (χ2v) is 9.24. The summed E-state index contributed by atoms with van der Waals surface area (Å²) in [6.45, 7) is 6.71. The Hall–Kier alpha value is -1.57. The zero-order valence-electron chi connectivity index (χ0n) is 14.0. The van der Waals surface area contributed by atoms with Crippen LogP contribution in [0.5, 0.6) is 11.5 Å². The van der Waals surface area contributed by atoms with Gasteiger partial charge < -0.3 is 9.47 Å². The Labute approximate surface area is 146 Å². The molecule has 0 saturated heterocycles. The first-order valence-corrected chi connectivity index (χ1v) is 10.1. The fraction of sp³-hybridized carbons (Fsp3) is 0.412. The fourth-order valence-electron chi connectivity index (χ4n) is 2.57. The Morgan fingerprint density at radius 3 is 2.50 bits per heavy atom. The van der Waals surface area contributed by atoms with Crippen molar-refractivity contribution < 1.29 is 17.9 Å². The molecule has 1 aliphatic heterocycles. The molecule has 1 aromatic carbocycles. The molecule has 24 heavy (non-hydrogen) atoms. The largest absolute Gasteiger partial charge is 0.486 e. The molecule has 2 aromatic rings. The molecular weight excluding hydrogens is 346 g/mol. The fourth-order valence-corrected chi connectivity index (χ4v) is 5.27. The van der Waals surface area contributed by atoms with E-state index in [1.807, 2.05) is 45.0 Å². The summed E-state index contributed by atoms with van der Waals surface area (Å²) in [5, 5.41) is 0. The molecule has 0 unspecified atom stereocenters. The summed E-state index contributed by atoms with van der Waals surface area (Å²) in [7, 11) is -3.58. The molecule has 0 fully saturated rings. The van der Waals surface area contributed by atoms with E-state index in [2.05, 4.69) is 4.72 Å². The smallest absolute Gasteiger partial charge is 0.250 e. The van der Waals surface area contributed by atoms with E-state index in [-0.39, 0.29) is 0 Å². The number of fused-ring (bicyclic) bond motifs is 1. The van der Waals surface area contributed by atoms with Crippen molar-refractivity contribution in [2.75, 3.05) is 13.2 Å². The summed E-state index contributed by atoms with van der Waals surface area (Å²) in [6.07, 6.45) is 0.825. The molecule has 2 heterocycles. The third kappa shape index (κ3) is 3.43. The zero-order chi connectivity index (χ0) is 17.4. The summed E-state index contributed by atoms with van der Waals surface area (Å²) in [4.78, 5) is 1.05. The first kappa shape index (κ1) is 17.3. The molecule has 0 radical (unpaired) electrons. The van der Waals surface area contributed by atoms with Crippen LogP contribution in [0.3, 0.4) is 0 Å². The van der Waals surface area contributed by atoms with Gasteiger partial charge in [-0.25, -0.2) is 13.1 Å². The van der Waals surface area contributed by atoms with Gasteiger partial charge in [-0.05, 0) is 50.1 Å². The molecule has 0 spiro atoms. The molecule has 3 rings (SSSR count). The molecule has 7 heteroatoms. The zero-order valence-corrected chi connectivity index (χ0v) is 15.6. The number of hydrogen-bond acceptors (Lipinski definition) is 5. The number of nitrogens with one attached hydrogen (secondary N) is 1. The van der Waals surface area contributed by atoms with Crippen LogP contribution in [0, 0.1) is 0 Å². The first-order chi connectivity index (χ1) is 11.3. The highest BCUT2D eigenvalue weighted by Gasteiger charge is 2.30. The Kier molecular flexibility index (Phi) is 4.59. The molecule has 5 nitrogen and oxygen atoms in total. The molecule has 1 aromatic heterocycles. The number of benzene rings is 1. The van der Waals surface area contributed by atoms with Crippen molar-refractivity contribution in [3.05, 3.63) is 40.8 Å². The van der Waals surface area contributed by atoms with Gasteiger partial charge in [0.05, 0.1) is 5.54 Å². The number of ether oxygens (including phenoxy) is 2. The molecule has 1 aliphatic rings. The van der Waals surface area contributed by atoms with Gasteiger partial charge in [-0.3, -0.25) is 0 Å². The van der Waals surface area contributed by atoms with Crippen molar-refractivity contribution in [1.82, 2.24) is 4.72 Å². The number of thiophene rings is 1. The summed E-state index contributed by atoms with van der Waals surface area (Å²) in [5.74, 6) is 1.34. The summed E-state index contributed by atoms with van der Waals surface area (Å²) < 4.78 is 39.6. The summed E-state index contributed by atoms with van der Waals surface area (Å²) >= 11 is 1.30. The van der Waals surface area contributed by atoms with Crippen molar-refractivity contribution in [1.29, 1.82) is 0 Å².